The highest BCUT2D eigenvalue weighted by atomic mass is 15.4. The first-order valence-corrected chi connectivity index (χ1v) is 4.94. The van der Waals surface area contributed by atoms with Gasteiger partial charge in [-0.15, -0.1) is 0 Å². The molecule has 15 heavy (non-hydrogen) atoms. The number of hydrogen-bond acceptors (Lipinski definition) is 2. The molecule has 0 fully saturated rings. The highest BCUT2D eigenvalue weighted by Gasteiger charge is 2.02. The summed E-state index contributed by atoms with van der Waals surface area (Å²) in [6.45, 7) is 0. The number of hydrogen-bond donors (Lipinski definition) is 0. The average molecular weight is 201 g/mol. The summed E-state index contributed by atoms with van der Waals surface area (Å²) in [6, 6.07) is 8.33. The zero-order valence-corrected chi connectivity index (χ0v) is 9.31. The zero-order valence-electron chi connectivity index (χ0n) is 9.31. The van der Waals surface area contributed by atoms with Gasteiger partial charge in [-0.05, 0) is 6.07 Å². The van der Waals surface area contributed by atoms with Crippen LogP contribution in [-0.4, -0.2) is 29.9 Å². The van der Waals surface area contributed by atoms with Crippen molar-refractivity contribution in [2.45, 2.75) is 0 Å². The number of nitrogens with zero attached hydrogens (tertiary/aromatic N) is 3. The smallest absolute Gasteiger partial charge is 0.0564 e. The van der Waals surface area contributed by atoms with Gasteiger partial charge in [0.25, 0.3) is 0 Å². The van der Waals surface area contributed by atoms with Crippen molar-refractivity contribution < 1.29 is 0 Å². The van der Waals surface area contributed by atoms with Crippen LogP contribution < -0.4 is 0 Å². The molecule has 0 saturated carbocycles. The van der Waals surface area contributed by atoms with Crippen molar-refractivity contribution in [2.24, 2.45) is 12.1 Å². The largest absolute Gasteiger partial charge is 0.350 e. The second-order valence-corrected chi connectivity index (χ2v) is 3.80. The van der Waals surface area contributed by atoms with Crippen LogP contribution in [0.5, 0.6) is 0 Å². The molecule has 0 aliphatic carbocycles. The van der Waals surface area contributed by atoms with Crippen molar-refractivity contribution in [3.63, 3.8) is 0 Å². The molecule has 2 aromatic rings. The molecule has 2 rings (SSSR count). The van der Waals surface area contributed by atoms with Crippen LogP contribution in [0, 0.1) is 0 Å². The maximum Gasteiger partial charge on any atom is 0.0564 e. The number of aromatic nitrogens is 1. The molecule has 1 aromatic heterocycles. The topological polar surface area (TPSA) is 20.5 Å². The van der Waals surface area contributed by atoms with Gasteiger partial charge >= 0.3 is 0 Å². The van der Waals surface area contributed by atoms with E-state index in [4.69, 9.17) is 0 Å². The van der Waals surface area contributed by atoms with Crippen LogP contribution in [0.15, 0.2) is 35.6 Å². The van der Waals surface area contributed by atoms with E-state index in [0.717, 1.165) is 5.56 Å². The maximum absolute atomic E-state index is 4.25. The van der Waals surface area contributed by atoms with Gasteiger partial charge in [0.15, 0.2) is 0 Å². The van der Waals surface area contributed by atoms with Crippen molar-refractivity contribution >= 4 is 17.1 Å². The lowest BCUT2D eigenvalue weighted by atomic mass is 10.2. The van der Waals surface area contributed by atoms with E-state index in [1.165, 1.54) is 10.9 Å². The van der Waals surface area contributed by atoms with E-state index in [1.807, 2.05) is 20.3 Å². The molecule has 0 N–H and O–H groups in total. The molecule has 0 spiro atoms. The number of para-hydroxylation sites is 1. The van der Waals surface area contributed by atoms with Gasteiger partial charge in [-0.1, -0.05) is 18.2 Å². The van der Waals surface area contributed by atoms with Crippen LogP contribution in [0.3, 0.4) is 0 Å². The van der Waals surface area contributed by atoms with E-state index in [1.54, 1.807) is 5.01 Å². The lowest BCUT2D eigenvalue weighted by molar-refractivity contribution is 0.440. The minimum Gasteiger partial charge on any atom is -0.350 e. The Kier molecular flexibility index (Phi) is 2.46. The Morgan fingerprint density at radius 2 is 2.00 bits per heavy atom. The van der Waals surface area contributed by atoms with Crippen LogP contribution in [0.1, 0.15) is 5.56 Å². The zero-order chi connectivity index (χ0) is 10.8. The second kappa shape index (κ2) is 3.77. The molecule has 0 aliphatic heterocycles. The summed E-state index contributed by atoms with van der Waals surface area (Å²) in [5, 5.41) is 7.29. The Bertz CT molecular complexity index is 495. The van der Waals surface area contributed by atoms with Crippen LogP contribution in [0.25, 0.3) is 10.9 Å². The summed E-state index contributed by atoms with van der Waals surface area (Å²) in [7, 11) is 5.89. The highest BCUT2D eigenvalue weighted by Crippen LogP contribution is 2.18. The summed E-state index contributed by atoms with van der Waals surface area (Å²) in [5.74, 6) is 0. The van der Waals surface area contributed by atoms with Crippen molar-refractivity contribution in [3.8, 4) is 0 Å². The normalized spacial score (nSPS) is 11.4. The van der Waals surface area contributed by atoms with Crippen molar-refractivity contribution in [3.05, 3.63) is 36.0 Å². The highest BCUT2D eigenvalue weighted by molar-refractivity contribution is 5.99. The first-order chi connectivity index (χ1) is 7.18. The third-order valence-electron chi connectivity index (χ3n) is 2.36. The molecular weight excluding hydrogens is 186 g/mol. The van der Waals surface area contributed by atoms with Gasteiger partial charge in [-0.25, -0.2) is 0 Å². The summed E-state index contributed by atoms with van der Waals surface area (Å²) >= 11 is 0. The third-order valence-corrected chi connectivity index (χ3v) is 2.36. The fraction of sp³-hybridized carbons (Fsp3) is 0.250. The van der Waals surface area contributed by atoms with Gasteiger partial charge in [-0.2, -0.15) is 5.10 Å². The molecule has 0 atom stereocenters. The molecule has 3 nitrogen and oxygen atoms in total. The van der Waals surface area contributed by atoms with E-state index < -0.39 is 0 Å². The summed E-state index contributed by atoms with van der Waals surface area (Å²) in [4.78, 5) is 0. The van der Waals surface area contributed by atoms with E-state index in [-0.39, 0.29) is 0 Å². The molecular formula is C12H15N3. The predicted octanol–water partition coefficient (Wildman–Crippen LogP) is 2.07. The fourth-order valence-electron chi connectivity index (χ4n) is 1.65. The second-order valence-electron chi connectivity index (χ2n) is 3.80. The Morgan fingerprint density at radius 3 is 2.73 bits per heavy atom. The molecule has 1 heterocycles. The molecule has 1 aromatic carbocycles. The van der Waals surface area contributed by atoms with Crippen LogP contribution >= 0.6 is 0 Å². The van der Waals surface area contributed by atoms with Crippen molar-refractivity contribution in [2.75, 3.05) is 14.1 Å². The summed E-state index contributed by atoms with van der Waals surface area (Å²) < 4.78 is 2.12. The molecule has 0 unspecified atom stereocenters. The van der Waals surface area contributed by atoms with Gasteiger partial charge in [0.1, 0.15) is 0 Å². The minimum absolute atomic E-state index is 1.15. The number of rotatable bonds is 2. The average Bonchev–Trinajstić information content (AvgIpc) is 2.54. The molecule has 0 bridgehead atoms. The van der Waals surface area contributed by atoms with Crippen LogP contribution in [0.4, 0.5) is 0 Å². The first-order valence-electron chi connectivity index (χ1n) is 4.94. The van der Waals surface area contributed by atoms with Gasteiger partial charge in [-0.3, -0.25) is 0 Å². The summed E-state index contributed by atoms with van der Waals surface area (Å²) in [6.07, 6.45) is 3.99. The van der Waals surface area contributed by atoms with Gasteiger partial charge in [0.2, 0.25) is 0 Å². The Labute approximate surface area is 89.6 Å². The fourth-order valence-corrected chi connectivity index (χ4v) is 1.65. The predicted molar refractivity (Wildman–Crippen MR) is 64.2 cm³/mol. The maximum atomic E-state index is 4.25. The Hall–Kier alpha value is -1.77. The number of benzene rings is 1. The van der Waals surface area contributed by atoms with E-state index in [2.05, 4.69) is 47.2 Å². The van der Waals surface area contributed by atoms with Gasteiger partial charge in [0.05, 0.1) is 6.21 Å². The number of aryl methyl sites for hydroxylation is 1. The number of hydrazone groups is 1. The summed E-state index contributed by atoms with van der Waals surface area (Å²) in [5.41, 5.74) is 2.39. The quantitative estimate of drug-likeness (QED) is 0.538. The first kappa shape index (κ1) is 9.77. The van der Waals surface area contributed by atoms with E-state index in [0.29, 0.717) is 0 Å². The van der Waals surface area contributed by atoms with Crippen LogP contribution in [0.2, 0.25) is 0 Å². The molecule has 78 valence electrons. The minimum atomic E-state index is 1.15. The molecule has 0 radical (unpaired) electrons. The lowest BCUT2D eigenvalue weighted by Gasteiger charge is -2.01. The monoisotopic (exact) mass is 201 g/mol. The molecule has 3 heteroatoms. The molecule has 0 aliphatic rings. The van der Waals surface area contributed by atoms with Gasteiger partial charge < -0.3 is 9.58 Å². The van der Waals surface area contributed by atoms with Crippen LogP contribution in [-0.2, 0) is 7.05 Å². The third kappa shape index (κ3) is 1.86. The van der Waals surface area contributed by atoms with E-state index >= 15 is 0 Å². The molecule has 0 saturated heterocycles. The molecule has 0 amide bonds. The number of fused-ring (bicyclic) bond motifs is 1. The Balaban J connectivity index is 2.52. The standard InChI is InChI=1S/C12H15N3/c1-14(2)13-8-10-9-15(3)12-7-5-4-6-11(10)12/h4-9H,1-3H3. The van der Waals surface area contributed by atoms with E-state index in [9.17, 15) is 0 Å². The van der Waals surface area contributed by atoms with Gasteiger partial charge in [0, 0.05) is 43.8 Å². The Morgan fingerprint density at radius 1 is 1.27 bits per heavy atom. The van der Waals surface area contributed by atoms with Crippen molar-refractivity contribution in [1.82, 2.24) is 9.58 Å². The lowest BCUT2D eigenvalue weighted by Crippen LogP contribution is -2.01. The van der Waals surface area contributed by atoms with Crippen molar-refractivity contribution in [1.29, 1.82) is 0 Å². The SMILES string of the molecule is CN(C)N=Cc1cn(C)c2ccccc12.